The zero-order valence-corrected chi connectivity index (χ0v) is 15.8. The van der Waals surface area contributed by atoms with Gasteiger partial charge in [-0.2, -0.15) is 4.98 Å². The normalized spacial score (nSPS) is 24.6. The number of aromatic nitrogens is 1. The Morgan fingerprint density at radius 1 is 1.11 bits per heavy atom. The number of carbonyl (C=O) groups excluding carboxylic acids is 1. The molecule has 7 heteroatoms. The average Bonchev–Trinajstić information content (AvgIpc) is 3.25. The highest BCUT2D eigenvalue weighted by atomic mass is 16.4. The molecule has 3 heterocycles. The third kappa shape index (κ3) is 2.93. The third-order valence-corrected chi connectivity index (χ3v) is 6.96. The highest BCUT2D eigenvalue weighted by Gasteiger charge is 2.59. The van der Waals surface area contributed by atoms with Crippen LogP contribution in [-0.2, 0) is 9.59 Å². The number of aliphatic carboxylic acids is 1. The van der Waals surface area contributed by atoms with Gasteiger partial charge in [-0.05, 0) is 49.7 Å². The van der Waals surface area contributed by atoms with Crippen molar-refractivity contribution in [2.45, 2.75) is 32.1 Å². The van der Waals surface area contributed by atoms with E-state index in [9.17, 15) is 14.7 Å². The molecule has 2 aliphatic heterocycles. The number of carbonyl (C=O) groups is 2. The molecule has 148 valence electrons. The maximum atomic E-state index is 12.9. The predicted molar refractivity (Wildman–Crippen MR) is 103 cm³/mol. The lowest BCUT2D eigenvalue weighted by atomic mass is 9.89. The standard InChI is InChI=1S/C21H25N3O4/c25-18(23-11-7-21(8-12-23)13-15(21)19(26)27)14-5-9-24(10-6-14)20-22-16-3-1-2-4-17(16)28-20/h1-4,14-15H,5-13H2,(H,26,27). The Balaban J connectivity index is 1.16. The van der Waals surface area contributed by atoms with E-state index < -0.39 is 5.97 Å². The van der Waals surface area contributed by atoms with Crippen molar-refractivity contribution >= 4 is 29.0 Å². The summed E-state index contributed by atoms with van der Waals surface area (Å²) >= 11 is 0. The van der Waals surface area contributed by atoms with Gasteiger partial charge in [0.2, 0.25) is 5.91 Å². The van der Waals surface area contributed by atoms with Gasteiger partial charge in [0.25, 0.3) is 6.01 Å². The molecule has 1 unspecified atom stereocenters. The second-order valence-electron chi connectivity index (χ2n) is 8.51. The Morgan fingerprint density at radius 2 is 1.82 bits per heavy atom. The molecule has 1 saturated carbocycles. The molecule has 1 aromatic heterocycles. The van der Waals surface area contributed by atoms with E-state index in [2.05, 4.69) is 9.88 Å². The maximum Gasteiger partial charge on any atom is 0.307 e. The van der Waals surface area contributed by atoms with Gasteiger partial charge in [-0.15, -0.1) is 0 Å². The molecule has 7 nitrogen and oxygen atoms in total. The quantitative estimate of drug-likeness (QED) is 0.877. The number of rotatable bonds is 3. The molecule has 2 saturated heterocycles. The highest BCUT2D eigenvalue weighted by Crippen LogP contribution is 2.59. The average molecular weight is 383 g/mol. The largest absolute Gasteiger partial charge is 0.481 e. The van der Waals surface area contributed by atoms with Crippen LogP contribution in [0.25, 0.3) is 11.1 Å². The van der Waals surface area contributed by atoms with E-state index in [-0.39, 0.29) is 23.2 Å². The number of oxazole rings is 1. The van der Waals surface area contributed by atoms with Crippen molar-refractivity contribution in [2.75, 3.05) is 31.1 Å². The second-order valence-corrected chi connectivity index (χ2v) is 8.51. The number of carboxylic acids is 1. The molecule has 0 radical (unpaired) electrons. The first kappa shape index (κ1) is 17.5. The number of hydrogen-bond donors (Lipinski definition) is 1. The first-order chi connectivity index (χ1) is 13.6. The summed E-state index contributed by atoms with van der Waals surface area (Å²) in [6, 6.07) is 8.38. The second kappa shape index (κ2) is 6.50. The summed E-state index contributed by atoms with van der Waals surface area (Å²) in [5.74, 6) is -0.584. The molecular weight excluding hydrogens is 358 g/mol. The van der Waals surface area contributed by atoms with E-state index in [0.29, 0.717) is 19.1 Å². The van der Waals surface area contributed by atoms with Gasteiger partial charge >= 0.3 is 5.97 Å². The smallest absolute Gasteiger partial charge is 0.307 e. The van der Waals surface area contributed by atoms with Gasteiger partial charge in [-0.1, -0.05) is 12.1 Å². The fourth-order valence-electron chi connectivity index (χ4n) is 4.99. The van der Waals surface area contributed by atoms with Crippen molar-refractivity contribution < 1.29 is 19.1 Å². The number of anilines is 1. The molecule has 1 aliphatic carbocycles. The van der Waals surface area contributed by atoms with Gasteiger partial charge in [0, 0.05) is 32.1 Å². The molecule has 3 fully saturated rings. The molecule has 2 aromatic rings. The van der Waals surface area contributed by atoms with Crippen LogP contribution in [0, 0.1) is 17.3 Å². The molecule has 1 amide bonds. The number of benzene rings is 1. The van der Waals surface area contributed by atoms with Crippen LogP contribution in [0.3, 0.4) is 0 Å². The molecule has 5 rings (SSSR count). The zero-order chi connectivity index (χ0) is 19.3. The molecule has 1 spiro atoms. The third-order valence-electron chi connectivity index (χ3n) is 6.96. The van der Waals surface area contributed by atoms with Crippen LogP contribution in [0.4, 0.5) is 6.01 Å². The fraction of sp³-hybridized carbons (Fsp3) is 0.571. The number of para-hydroxylation sites is 2. The molecule has 1 atom stereocenters. The SMILES string of the molecule is O=C(O)C1CC12CCN(C(=O)C1CCN(c3nc4ccccc4o3)CC1)CC2. The van der Waals surface area contributed by atoms with Gasteiger partial charge in [-0.3, -0.25) is 9.59 Å². The number of nitrogens with zero attached hydrogens (tertiary/aromatic N) is 3. The Labute approximate surface area is 163 Å². The van der Waals surface area contributed by atoms with Crippen molar-refractivity contribution in [3.63, 3.8) is 0 Å². The number of carboxylic acid groups (broad SMARTS) is 1. The van der Waals surface area contributed by atoms with Crippen molar-refractivity contribution in [2.24, 2.45) is 17.3 Å². The summed E-state index contributed by atoms with van der Waals surface area (Å²) in [5.41, 5.74) is 1.62. The first-order valence-corrected chi connectivity index (χ1v) is 10.2. The van der Waals surface area contributed by atoms with E-state index >= 15 is 0 Å². The number of fused-ring (bicyclic) bond motifs is 1. The van der Waals surface area contributed by atoms with Gasteiger partial charge in [0.05, 0.1) is 5.92 Å². The van der Waals surface area contributed by atoms with Gasteiger partial charge in [0.15, 0.2) is 5.58 Å². The molecular formula is C21H25N3O4. The Bertz CT molecular complexity index is 874. The monoisotopic (exact) mass is 383 g/mol. The minimum absolute atomic E-state index is 0.0288. The number of amides is 1. The van der Waals surface area contributed by atoms with E-state index in [4.69, 9.17) is 4.42 Å². The van der Waals surface area contributed by atoms with E-state index in [1.165, 1.54) is 0 Å². The van der Waals surface area contributed by atoms with Gasteiger partial charge in [0.1, 0.15) is 5.52 Å². The molecule has 28 heavy (non-hydrogen) atoms. The number of likely N-dealkylation sites (tertiary alicyclic amines) is 1. The van der Waals surface area contributed by atoms with Crippen molar-refractivity contribution in [1.29, 1.82) is 0 Å². The topological polar surface area (TPSA) is 86.9 Å². The van der Waals surface area contributed by atoms with Crippen LogP contribution in [0.1, 0.15) is 32.1 Å². The van der Waals surface area contributed by atoms with E-state index in [1.54, 1.807) is 0 Å². The lowest BCUT2D eigenvalue weighted by Crippen LogP contribution is -2.46. The highest BCUT2D eigenvalue weighted by molar-refractivity contribution is 5.80. The summed E-state index contributed by atoms with van der Waals surface area (Å²) in [5, 5.41) is 9.22. The van der Waals surface area contributed by atoms with Crippen molar-refractivity contribution in [1.82, 2.24) is 9.88 Å². The molecule has 1 aromatic carbocycles. The van der Waals surface area contributed by atoms with Crippen LogP contribution >= 0.6 is 0 Å². The van der Waals surface area contributed by atoms with E-state index in [0.717, 1.165) is 56.3 Å². The molecule has 0 bridgehead atoms. The lowest BCUT2D eigenvalue weighted by molar-refractivity contribution is -0.140. The van der Waals surface area contributed by atoms with Crippen molar-refractivity contribution in [3.05, 3.63) is 24.3 Å². The van der Waals surface area contributed by atoms with Crippen LogP contribution in [0.2, 0.25) is 0 Å². The lowest BCUT2D eigenvalue weighted by Gasteiger charge is -2.37. The van der Waals surface area contributed by atoms with Gasteiger partial charge in [-0.25, -0.2) is 0 Å². The van der Waals surface area contributed by atoms with Crippen LogP contribution in [0.5, 0.6) is 0 Å². The number of hydrogen-bond acceptors (Lipinski definition) is 5. The van der Waals surface area contributed by atoms with Crippen LogP contribution < -0.4 is 4.90 Å². The minimum Gasteiger partial charge on any atom is -0.481 e. The molecule has 1 N–H and O–H groups in total. The summed E-state index contributed by atoms with van der Waals surface area (Å²) < 4.78 is 5.85. The fourth-order valence-corrected chi connectivity index (χ4v) is 4.99. The Hall–Kier alpha value is -2.57. The summed E-state index contributed by atoms with van der Waals surface area (Å²) in [6.07, 6.45) is 4.05. The first-order valence-electron chi connectivity index (χ1n) is 10.2. The maximum absolute atomic E-state index is 12.9. The Kier molecular flexibility index (Phi) is 4.07. The summed E-state index contributed by atoms with van der Waals surface area (Å²) in [6.45, 7) is 2.94. The van der Waals surface area contributed by atoms with Crippen LogP contribution in [0.15, 0.2) is 28.7 Å². The predicted octanol–water partition coefficient (Wildman–Crippen LogP) is 2.76. The minimum atomic E-state index is -0.675. The van der Waals surface area contributed by atoms with Crippen LogP contribution in [-0.4, -0.2) is 53.0 Å². The van der Waals surface area contributed by atoms with Crippen molar-refractivity contribution in [3.8, 4) is 0 Å². The molecule has 3 aliphatic rings. The number of piperidine rings is 2. The summed E-state index contributed by atoms with van der Waals surface area (Å²) in [4.78, 5) is 32.8. The summed E-state index contributed by atoms with van der Waals surface area (Å²) in [7, 11) is 0. The zero-order valence-electron chi connectivity index (χ0n) is 15.8. The van der Waals surface area contributed by atoms with E-state index in [1.807, 2.05) is 29.2 Å². The Morgan fingerprint density at radius 3 is 2.46 bits per heavy atom. The van der Waals surface area contributed by atoms with Gasteiger partial charge < -0.3 is 19.3 Å².